The lowest BCUT2D eigenvalue weighted by Gasteiger charge is -2.36. The van der Waals surface area contributed by atoms with Gasteiger partial charge >= 0.3 is 6.09 Å². The Labute approximate surface area is 134 Å². The Balaban J connectivity index is 2.43. The Hall–Kier alpha value is -1.98. The largest absolute Gasteiger partial charge is 0.430 e. The van der Waals surface area contributed by atoms with Crippen LogP contribution in [0.1, 0.15) is 52.0 Å². The number of benzene rings is 1. The van der Waals surface area contributed by atoms with E-state index in [1.165, 1.54) is 12.1 Å². The molecule has 0 saturated heterocycles. The van der Waals surface area contributed by atoms with E-state index in [4.69, 9.17) is 4.74 Å². The zero-order chi connectivity index (χ0) is 17.3. The second kappa shape index (κ2) is 6.26. The highest BCUT2D eigenvalue weighted by molar-refractivity contribution is 5.91. The Kier molecular flexibility index (Phi) is 4.73. The molecule has 6 heteroatoms. The molecule has 1 aromatic rings. The smallest absolute Gasteiger partial charge is 0.408 e. The standard InChI is InChI=1S/C17H21F2NO3/c1-16(2,3)20-15(22)23-17(10-5-4-9-13(17)21)11-7-6-8-12(18)14(11)19/h6-8H,4-5,9-10H2,1-3H3,(H,20,22). The van der Waals surface area contributed by atoms with Gasteiger partial charge in [0.15, 0.2) is 23.0 Å². The summed E-state index contributed by atoms with van der Waals surface area (Å²) in [6.45, 7) is 5.27. The van der Waals surface area contributed by atoms with Gasteiger partial charge in [-0.15, -0.1) is 0 Å². The highest BCUT2D eigenvalue weighted by Gasteiger charge is 2.47. The first kappa shape index (κ1) is 17.4. The first-order chi connectivity index (χ1) is 10.7. The Morgan fingerprint density at radius 3 is 2.57 bits per heavy atom. The topological polar surface area (TPSA) is 55.4 Å². The lowest BCUT2D eigenvalue weighted by atomic mass is 9.78. The summed E-state index contributed by atoms with van der Waals surface area (Å²) in [5, 5.41) is 2.59. The van der Waals surface area contributed by atoms with E-state index in [0.717, 1.165) is 6.07 Å². The maximum Gasteiger partial charge on any atom is 0.408 e. The van der Waals surface area contributed by atoms with E-state index < -0.39 is 34.7 Å². The van der Waals surface area contributed by atoms with Crippen LogP contribution >= 0.6 is 0 Å². The van der Waals surface area contributed by atoms with Crippen molar-refractivity contribution in [3.05, 3.63) is 35.4 Å². The predicted molar refractivity (Wildman–Crippen MR) is 80.9 cm³/mol. The van der Waals surface area contributed by atoms with Crippen LogP contribution in [-0.4, -0.2) is 17.4 Å². The van der Waals surface area contributed by atoms with Gasteiger partial charge in [-0.2, -0.15) is 0 Å². The zero-order valence-corrected chi connectivity index (χ0v) is 13.5. The SMILES string of the molecule is CC(C)(C)NC(=O)OC1(c2cccc(F)c2F)CCCCC1=O. The summed E-state index contributed by atoms with van der Waals surface area (Å²) in [5.74, 6) is -2.62. The zero-order valence-electron chi connectivity index (χ0n) is 13.5. The van der Waals surface area contributed by atoms with Crippen molar-refractivity contribution < 1.29 is 23.1 Å². The molecule has 0 radical (unpaired) electrons. The van der Waals surface area contributed by atoms with Crippen LogP contribution < -0.4 is 5.32 Å². The van der Waals surface area contributed by atoms with Crippen LogP contribution in [0.5, 0.6) is 0 Å². The van der Waals surface area contributed by atoms with Crippen molar-refractivity contribution in [2.24, 2.45) is 0 Å². The molecule has 23 heavy (non-hydrogen) atoms. The number of halogens is 2. The van der Waals surface area contributed by atoms with Gasteiger partial charge < -0.3 is 10.1 Å². The van der Waals surface area contributed by atoms with Gasteiger partial charge in [0.25, 0.3) is 0 Å². The van der Waals surface area contributed by atoms with E-state index in [9.17, 15) is 18.4 Å². The predicted octanol–water partition coefficient (Wildman–Crippen LogP) is 3.83. The number of Topliss-reactive ketones (excluding diaryl/α,β-unsaturated/α-hetero) is 1. The lowest BCUT2D eigenvalue weighted by Crippen LogP contribution is -2.49. The molecule has 1 atom stereocenters. The molecule has 0 aliphatic heterocycles. The number of ether oxygens (including phenoxy) is 1. The van der Waals surface area contributed by atoms with Gasteiger partial charge in [-0.25, -0.2) is 13.6 Å². The normalized spacial score (nSPS) is 21.9. The maximum atomic E-state index is 14.3. The minimum absolute atomic E-state index is 0.143. The van der Waals surface area contributed by atoms with E-state index >= 15 is 0 Å². The van der Waals surface area contributed by atoms with Gasteiger partial charge in [-0.1, -0.05) is 12.1 Å². The van der Waals surface area contributed by atoms with Crippen LogP contribution in [-0.2, 0) is 15.1 Å². The number of hydrogen-bond acceptors (Lipinski definition) is 3. The van der Waals surface area contributed by atoms with Gasteiger partial charge in [0.05, 0.1) is 0 Å². The first-order valence-electron chi connectivity index (χ1n) is 7.65. The molecule has 1 N–H and O–H groups in total. The Morgan fingerprint density at radius 1 is 1.26 bits per heavy atom. The van der Waals surface area contributed by atoms with Crippen LogP contribution in [0.3, 0.4) is 0 Å². The number of carbonyl (C=O) groups excluding carboxylic acids is 2. The van der Waals surface area contributed by atoms with Crippen molar-refractivity contribution in [2.45, 2.75) is 57.6 Å². The number of carbonyl (C=O) groups is 2. The van der Waals surface area contributed by atoms with E-state index in [1.54, 1.807) is 20.8 Å². The van der Waals surface area contributed by atoms with E-state index in [-0.39, 0.29) is 18.4 Å². The summed E-state index contributed by atoms with van der Waals surface area (Å²) in [7, 11) is 0. The van der Waals surface area contributed by atoms with Gasteiger partial charge in [0.2, 0.25) is 0 Å². The highest BCUT2D eigenvalue weighted by atomic mass is 19.2. The summed E-state index contributed by atoms with van der Waals surface area (Å²) >= 11 is 0. The molecule has 1 fully saturated rings. The van der Waals surface area contributed by atoms with Crippen LogP contribution in [0, 0.1) is 11.6 Å². The molecule has 4 nitrogen and oxygen atoms in total. The van der Waals surface area contributed by atoms with Crippen LogP contribution in [0.15, 0.2) is 18.2 Å². The summed E-state index contributed by atoms with van der Waals surface area (Å²) < 4.78 is 33.2. The Bertz CT molecular complexity index is 625. The summed E-state index contributed by atoms with van der Waals surface area (Å²) in [5.41, 5.74) is -2.55. The van der Waals surface area contributed by atoms with Crippen molar-refractivity contribution in [1.29, 1.82) is 0 Å². The molecule has 1 amide bonds. The molecule has 0 spiro atoms. The quantitative estimate of drug-likeness (QED) is 0.899. The van der Waals surface area contributed by atoms with E-state index in [2.05, 4.69) is 5.32 Å². The van der Waals surface area contributed by atoms with E-state index in [1.807, 2.05) is 0 Å². The third-order valence-corrected chi connectivity index (χ3v) is 3.76. The molecule has 1 aliphatic rings. The molecule has 1 aliphatic carbocycles. The van der Waals surface area contributed by atoms with Crippen molar-refractivity contribution in [2.75, 3.05) is 0 Å². The number of rotatable bonds is 2. The molecule has 126 valence electrons. The molecular formula is C17H21F2NO3. The minimum Gasteiger partial charge on any atom is -0.430 e. The molecule has 1 aromatic carbocycles. The van der Waals surface area contributed by atoms with Crippen LogP contribution in [0.4, 0.5) is 13.6 Å². The molecule has 2 rings (SSSR count). The second-order valence-corrected chi connectivity index (χ2v) is 6.82. The van der Waals surface area contributed by atoms with Crippen molar-refractivity contribution >= 4 is 11.9 Å². The summed E-state index contributed by atoms with van der Waals surface area (Å²) in [4.78, 5) is 24.6. The molecule has 1 saturated carbocycles. The minimum atomic E-state index is -1.76. The highest BCUT2D eigenvalue weighted by Crippen LogP contribution is 2.39. The summed E-state index contributed by atoms with van der Waals surface area (Å²) in [6.07, 6.45) is 0.714. The molecule has 0 heterocycles. The molecule has 0 bridgehead atoms. The van der Waals surface area contributed by atoms with Crippen molar-refractivity contribution in [1.82, 2.24) is 5.32 Å². The van der Waals surface area contributed by atoms with E-state index in [0.29, 0.717) is 12.8 Å². The number of nitrogens with one attached hydrogen (secondary N) is 1. The third kappa shape index (κ3) is 3.68. The lowest BCUT2D eigenvalue weighted by molar-refractivity contribution is -0.143. The van der Waals surface area contributed by atoms with Gasteiger partial charge in [-0.05, 0) is 46.1 Å². The molecule has 1 unspecified atom stereocenters. The van der Waals surface area contributed by atoms with Crippen molar-refractivity contribution in [3.63, 3.8) is 0 Å². The third-order valence-electron chi connectivity index (χ3n) is 3.76. The fourth-order valence-corrected chi connectivity index (χ4v) is 2.75. The molecular weight excluding hydrogens is 304 g/mol. The van der Waals surface area contributed by atoms with Gasteiger partial charge in [-0.3, -0.25) is 4.79 Å². The number of amides is 1. The second-order valence-electron chi connectivity index (χ2n) is 6.82. The monoisotopic (exact) mass is 325 g/mol. The number of ketones is 1. The Morgan fingerprint density at radius 2 is 1.96 bits per heavy atom. The maximum absolute atomic E-state index is 14.3. The van der Waals surface area contributed by atoms with Crippen LogP contribution in [0.25, 0.3) is 0 Å². The van der Waals surface area contributed by atoms with Crippen LogP contribution in [0.2, 0.25) is 0 Å². The molecule has 0 aromatic heterocycles. The first-order valence-corrected chi connectivity index (χ1v) is 7.65. The summed E-state index contributed by atoms with van der Waals surface area (Å²) in [6, 6.07) is 3.57. The fourth-order valence-electron chi connectivity index (χ4n) is 2.75. The average Bonchev–Trinajstić information content (AvgIpc) is 2.42. The van der Waals surface area contributed by atoms with Crippen molar-refractivity contribution in [3.8, 4) is 0 Å². The van der Waals surface area contributed by atoms with Gasteiger partial charge in [0.1, 0.15) is 0 Å². The van der Waals surface area contributed by atoms with Gasteiger partial charge in [0, 0.05) is 17.5 Å². The average molecular weight is 325 g/mol. The number of hydrogen-bond donors (Lipinski definition) is 1. The number of alkyl carbamates (subject to hydrolysis) is 1. The fraction of sp³-hybridized carbons (Fsp3) is 0.529.